The van der Waals surface area contributed by atoms with E-state index < -0.39 is 10.2 Å². The zero-order chi connectivity index (χ0) is 15.3. The molecule has 0 aromatic rings. The molecule has 6 heteroatoms. The van der Waals surface area contributed by atoms with Crippen molar-refractivity contribution in [1.29, 1.82) is 0 Å². The average Bonchev–Trinajstić information content (AvgIpc) is 2.84. The van der Waals surface area contributed by atoms with Crippen LogP contribution in [-0.2, 0) is 10.2 Å². The summed E-state index contributed by atoms with van der Waals surface area (Å²) in [5, 5.41) is 3.37. The zero-order valence-electron chi connectivity index (χ0n) is 13.5. The molecule has 2 N–H and O–H groups in total. The summed E-state index contributed by atoms with van der Waals surface area (Å²) in [5.74, 6) is 0.640. The Labute approximate surface area is 130 Å². The van der Waals surface area contributed by atoms with Crippen LogP contribution in [0.3, 0.4) is 0 Å². The fourth-order valence-corrected chi connectivity index (χ4v) is 5.25. The minimum Gasteiger partial charge on any atom is -0.315 e. The van der Waals surface area contributed by atoms with Gasteiger partial charge in [-0.05, 0) is 51.0 Å². The van der Waals surface area contributed by atoms with E-state index in [0.717, 1.165) is 58.0 Å². The molecule has 3 atom stereocenters. The molecule has 0 aromatic carbocycles. The fraction of sp³-hybridized carbons (Fsp3) is 1.00. The van der Waals surface area contributed by atoms with Gasteiger partial charge in [0.1, 0.15) is 0 Å². The quantitative estimate of drug-likeness (QED) is 0.705. The Morgan fingerprint density at radius 1 is 1.19 bits per heavy atom. The Balaban J connectivity index is 1.94. The van der Waals surface area contributed by atoms with Crippen LogP contribution >= 0.6 is 0 Å². The SMILES string of the molecule is CCCNCC1CCCCN1S(=O)(=O)NC1CCC(C)C1. The molecule has 2 aliphatic rings. The summed E-state index contributed by atoms with van der Waals surface area (Å²) in [7, 11) is -3.33. The van der Waals surface area contributed by atoms with Crippen molar-refractivity contribution < 1.29 is 8.42 Å². The van der Waals surface area contributed by atoms with Gasteiger partial charge in [-0.3, -0.25) is 0 Å². The van der Waals surface area contributed by atoms with Crippen LogP contribution in [0.2, 0.25) is 0 Å². The number of nitrogens with one attached hydrogen (secondary N) is 2. The smallest absolute Gasteiger partial charge is 0.279 e. The monoisotopic (exact) mass is 317 g/mol. The second kappa shape index (κ2) is 7.90. The molecule has 0 radical (unpaired) electrons. The minimum atomic E-state index is -3.33. The second-order valence-corrected chi connectivity index (χ2v) is 8.36. The molecule has 1 heterocycles. The lowest BCUT2D eigenvalue weighted by molar-refractivity contribution is 0.241. The third kappa shape index (κ3) is 4.91. The van der Waals surface area contributed by atoms with E-state index in [-0.39, 0.29) is 12.1 Å². The van der Waals surface area contributed by atoms with Gasteiger partial charge in [0.25, 0.3) is 10.2 Å². The number of rotatable bonds is 7. The van der Waals surface area contributed by atoms with Gasteiger partial charge in [0.15, 0.2) is 0 Å². The highest BCUT2D eigenvalue weighted by atomic mass is 32.2. The fourth-order valence-electron chi connectivity index (χ4n) is 3.53. The predicted octanol–water partition coefficient (Wildman–Crippen LogP) is 1.86. The van der Waals surface area contributed by atoms with Crippen molar-refractivity contribution in [3.05, 3.63) is 0 Å². The molecule has 1 saturated carbocycles. The minimum absolute atomic E-state index is 0.113. The second-order valence-electron chi connectivity index (χ2n) is 6.70. The van der Waals surface area contributed by atoms with Crippen molar-refractivity contribution in [3.63, 3.8) is 0 Å². The Kier molecular flexibility index (Phi) is 6.47. The first-order valence-corrected chi connectivity index (χ1v) is 9.96. The highest BCUT2D eigenvalue weighted by molar-refractivity contribution is 7.87. The highest BCUT2D eigenvalue weighted by Gasteiger charge is 2.34. The Hall–Kier alpha value is -0.170. The van der Waals surface area contributed by atoms with Gasteiger partial charge in [0, 0.05) is 25.2 Å². The van der Waals surface area contributed by atoms with Crippen molar-refractivity contribution in [1.82, 2.24) is 14.3 Å². The molecule has 1 aliphatic heterocycles. The summed E-state index contributed by atoms with van der Waals surface area (Å²) in [5.41, 5.74) is 0. The van der Waals surface area contributed by atoms with Crippen LogP contribution in [-0.4, -0.2) is 44.4 Å². The van der Waals surface area contributed by atoms with Crippen molar-refractivity contribution in [2.45, 2.75) is 70.9 Å². The molecule has 124 valence electrons. The standard InChI is InChI=1S/C15H31N3O2S/c1-3-9-16-12-15-6-4-5-10-18(15)21(19,20)17-14-8-7-13(2)11-14/h13-17H,3-12H2,1-2H3. The Bertz CT molecular complexity index is 413. The predicted molar refractivity (Wildman–Crippen MR) is 86.4 cm³/mol. The van der Waals surface area contributed by atoms with Gasteiger partial charge in [-0.1, -0.05) is 20.3 Å². The topological polar surface area (TPSA) is 61.4 Å². The van der Waals surface area contributed by atoms with Gasteiger partial charge in [-0.15, -0.1) is 0 Å². The maximum atomic E-state index is 12.7. The van der Waals surface area contributed by atoms with Crippen molar-refractivity contribution in [3.8, 4) is 0 Å². The maximum Gasteiger partial charge on any atom is 0.279 e. The normalized spacial score (nSPS) is 31.6. The van der Waals surface area contributed by atoms with Crippen LogP contribution in [0.25, 0.3) is 0 Å². The van der Waals surface area contributed by atoms with Crippen molar-refractivity contribution >= 4 is 10.2 Å². The summed E-state index contributed by atoms with van der Waals surface area (Å²) in [4.78, 5) is 0. The van der Waals surface area contributed by atoms with Gasteiger partial charge in [0.2, 0.25) is 0 Å². The number of hydrogen-bond acceptors (Lipinski definition) is 3. The third-order valence-electron chi connectivity index (χ3n) is 4.70. The van der Waals surface area contributed by atoms with Crippen LogP contribution in [0.15, 0.2) is 0 Å². The van der Waals surface area contributed by atoms with E-state index in [9.17, 15) is 8.42 Å². The number of hydrogen-bond donors (Lipinski definition) is 2. The zero-order valence-corrected chi connectivity index (χ0v) is 14.3. The van der Waals surface area contributed by atoms with E-state index in [1.165, 1.54) is 0 Å². The van der Waals surface area contributed by atoms with E-state index >= 15 is 0 Å². The molecular formula is C15H31N3O2S. The number of nitrogens with zero attached hydrogens (tertiary/aromatic N) is 1. The summed E-state index contributed by atoms with van der Waals surface area (Å²) in [6.45, 7) is 6.72. The molecule has 2 fully saturated rings. The van der Waals surface area contributed by atoms with Crippen molar-refractivity contribution in [2.24, 2.45) is 5.92 Å². The van der Waals surface area contributed by atoms with Crippen LogP contribution in [0, 0.1) is 5.92 Å². The first-order chi connectivity index (χ1) is 10.0. The van der Waals surface area contributed by atoms with Crippen LogP contribution in [0.5, 0.6) is 0 Å². The first kappa shape index (κ1) is 17.2. The largest absolute Gasteiger partial charge is 0.315 e. The average molecular weight is 317 g/mol. The van der Waals surface area contributed by atoms with Crippen LogP contribution in [0.1, 0.15) is 58.8 Å². The molecule has 3 unspecified atom stereocenters. The van der Waals surface area contributed by atoms with Gasteiger partial charge in [-0.2, -0.15) is 17.4 Å². The Morgan fingerprint density at radius 2 is 2.00 bits per heavy atom. The molecule has 1 saturated heterocycles. The molecule has 0 aromatic heterocycles. The van der Waals surface area contributed by atoms with E-state index in [1.807, 2.05) is 0 Å². The van der Waals surface area contributed by atoms with Gasteiger partial charge in [0.05, 0.1) is 0 Å². The third-order valence-corrected chi connectivity index (χ3v) is 6.43. The highest BCUT2D eigenvalue weighted by Crippen LogP contribution is 2.26. The molecule has 0 spiro atoms. The van der Waals surface area contributed by atoms with Gasteiger partial charge < -0.3 is 5.32 Å². The molecule has 2 rings (SSSR count). The van der Waals surface area contributed by atoms with Crippen LogP contribution < -0.4 is 10.0 Å². The molecular weight excluding hydrogens is 286 g/mol. The summed E-state index contributed by atoms with van der Waals surface area (Å²) in [6, 6.07) is 0.248. The molecule has 0 bridgehead atoms. The van der Waals surface area contributed by atoms with E-state index in [0.29, 0.717) is 12.5 Å². The lowest BCUT2D eigenvalue weighted by Gasteiger charge is -2.35. The lowest BCUT2D eigenvalue weighted by atomic mass is 10.1. The summed E-state index contributed by atoms with van der Waals surface area (Å²) in [6.07, 6.45) is 7.25. The summed E-state index contributed by atoms with van der Waals surface area (Å²) < 4.78 is 30.0. The molecule has 5 nitrogen and oxygen atoms in total. The molecule has 21 heavy (non-hydrogen) atoms. The number of piperidine rings is 1. The summed E-state index contributed by atoms with van der Waals surface area (Å²) >= 11 is 0. The Morgan fingerprint density at radius 3 is 2.67 bits per heavy atom. The van der Waals surface area contributed by atoms with E-state index in [1.54, 1.807) is 4.31 Å². The molecule has 1 aliphatic carbocycles. The van der Waals surface area contributed by atoms with Gasteiger partial charge >= 0.3 is 0 Å². The van der Waals surface area contributed by atoms with E-state index in [4.69, 9.17) is 0 Å². The lowest BCUT2D eigenvalue weighted by Crippen LogP contribution is -2.54. The van der Waals surface area contributed by atoms with Crippen LogP contribution in [0.4, 0.5) is 0 Å². The molecule has 0 amide bonds. The van der Waals surface area contributed by atoms with E-state index in [2.05, 4.69) is 23.9 Å². The van der Waals surface area contributed by atoms with Gasteiger partial charge in [-0.25, -0.2) is 0 Å². The maximum absolute atomic E-state index is 12.7. The van der Waals surface area contributed by atoms with Crippen molar-refractivity contribution in [2.75, 3.05) is 19.6 Å². The first-order valence-electron chi connectivity index (χ1n) is 8.52.